The van der Waals surface area contributed by atoms with Crippen molar-refractivity contribution in [3.05, 3.63) is 23.8 Å². The number of aromatic nitrogens is 2. The third kappa shape index (κ3) is 2.63. The quantitative estimate of drug-likeness (QED) is 0.697. The number of nitrogens with zero attached hydrogens (tertiary/aromatic N) is 2. The van der Waals surface area contributed by atoms with Crippen LogP contribution in [0, 0.1) is 6.92 Å². The second kappa shape index (κ2) is 4.03. The van der Waals surface area contributed by atoms with Gasteiger partial charge in [-0.1, -0.05) is 6.92 Å². The second-order valence-electron chi connectivity index (χ2n) is 2.43. The van der Waals surface area contributed by atoms with Crippen LogP contribution in [0.3, 0.4) is 0 Å². The fourth-order valence-electron chi connectivity index (χ4n) is 0.854. The summed E-state index contributed by atoms with van der Waals surface area (Å²) in [7, 11) is 0. The highest BCUT2D eigenvalue weighted by Gasteiger charge is 1.92. The van der Waals surface area contributed by atoms with Gasteiger partial charge in [0.2, 0.25) is 0 Å². The average Bonchev–Trinajstić information content (AvgIpc) is 2.01. The highest BCUT2D eigenvalue weighted by Crippen LogP contribution is 1.93. The van der Waals surface area contributed by atoms with E-state index >= 15 is 0 Å². The van der Waals surface area contributed by atoms with Gasteiger partial charge in [-0.2, -0.15) is 0 Å². The fourth-order valence-corrected chi connectivity index (χ4v) is 0.854. The Labute approximate surface area is 66.9 Å². The van der Waals surface area contributed by atoms with Gasteiger partial charge in [-0.05, 0) is 13.5 Å². The zero-order chi connectivity index (χ0) is 8.10. The van der Waals surface area contributed by atoms with Crippen LogP contribution in [-0.2, 0) is 6.54 Å². The molecular weight excluding hydrogens is 138 g/mol. The van der Waals surface area contributed by atoms with Crippen LogP contribution in [0.2, 0.25) is 0 Å². The minimum Gasteiger partial charge on any atom is -0.311 e. The van der Waals surface area contributed by atoms with E-state index in [0.717, 1.165) is 24.5 Å². The van der Waals surface area contributed by atoms with Crippen LogP contribution in [-0.4, -0.2) is 16.5 Å². The molecule has 1 aromatic rings. The SMILES string of the molecule is CCNCc1cncc(C)n1. The van der Waals surface area contributed by atoms with Gasteiger partial charge >= 0.3 is 0 Å². The number of nitrogens with one attached hydrogen (secondary N) is 1. The average molecular weight is 151 g/mol. The Morgan fingerprint density at radius 2 is 2.27 bits per heavy atom. The summed E-state index contributed by atoms with van der Waals surface area (Å²) in [6.07, 6.45) is 3.55. The molecule has 0 aliphatic carbocycles. The van der Waals surface area contributed by atoms with Crippen molar-refractivity contribution in [2.24, 2.45) is 0 Å². The van der Waals surface area contributed by atoms with Gasteiger partial charge < -0.3 is 5.32 Å². The lowest BCUT2D eigenvalue weighted by molar-refractivity contribution is 0.704. The van der Waals surface area contributed by atoms with Crippen LogP contribution < -0.4 is 5.32 Å². The Bertz CT molecular complexity index is 222. The molecule has 60 valence electrons. The molecule has 1 N–H and O–H groups in total. The maximum Gasteiger partial charge on any atom is 0.0727 e. The van der Waals surface area contributed by atoms with E-state index in [1.165, 1.54) is 0 Å². The topological polar surface area (TPSA) is 37.8 Å². The Kier molecular flexibility index (Phi) is 2.98. The van der Waals surface area contributed by atoms with Gasteiger partial charge in [0.15, 0.2) is 0 Å². The number of hydrogen-bond donors (Lipinski definition) is 1. The maximum atomic E-state index is 4.29. The summed E-state index contributed by atoms with van der Waals surface area (Å²) >= 11 is 0. The van der Waals surface area contributed by atoms with Crippen molar-refractivity contribution >= 4 is 0 Å². The van der Waals surface area contributed by atoms with Crippen molar-refractivity contribution < 1.29 is 0 Å². The van der Waals surface area contributed by atoms with Crippen molar-refractivity contribution in [3.8, 4) is 0 Å². The number of hydrogen-bond acceptors (Lipinski definition) is 3. The van der Waals surface area contributed by atoms with Crippen LogP contribution in [0.5, 0.6) is 0 Å². The molecule has 0 bridgehead atoms. The molecule has 0 aliphatic rings. The first-order valence-corrected chi connectivity index (χ1v) is 3.81. The van der Waals surface area contributed by atoms with Crippen molar-refractivity contribution in [2.45, 2.75) is 20.4 Å². The Morgan fingerprint density at radius 3 is 2.91 bits per heavy atom. The van der Waals surface area contributed by atoms with Crippen molar-refractivity contribution in [2.75, 3.05) is 6.54 Å². The third-order valence-electron chi connectivity index (χ3n) is 1.36. The molecule has 1 aromatic heterocycles. The Morgan fingerprint density at radius 1 is 1.45 bits per heavy atom. The van der Waals surface area contributed by atoms with E-state index in [2.05, 4.69) is 22.2 Å². The van der Waals surface area contributed by atoms with Gasteiger partial charge in [-0.3, -0.25) is 9.97 Å². The van der Waals surface area contributed by atoms with Crippen molar-refractivity contribution in [1.82, 2.24) is 15.3 Å². The Balaban J connectivity index is 2.56. The van der Waals surface area contributed by atoms with Crippen molar-refractivity contribution in [1.29, 1.82) is 0 Å². The van der Waals surface area contributed by atoms with E-state index in [0.29, 0.717) is 0 Å². The molecule has 0 radical (unpaired) electrons. The first kappa shape index (κ1) is 8.14. The summed E-state index contributed by atoms with van der Waals surface area (Å²) in [5, 5.41) is 3.19. The van der Waals surface area contributed by atoms with Crippen LogP contribution in [0.15, 0.2) is 12.4 Å². The van der Waals surface area contributed by atoms with Crippen LogP contribution in [0.1, 0.15) is 18.3 Å². The van der Waals surface area contributed by atoms with Crippen LogP contribution >= 0.6 is 0 Å². The molecule has 0 aromatic carbocycles. The van der Waals surface area contributed by atoms with E-state index in [-0.39, 0.29) is 0 Å². The van der Waals surface area contributed by atoms with Crippen LogP contribution in [0.4, 0.5) is 0 Å². The highest BCUT2D eigenvalue weighted by atomic mass is 14.9. The lowest BCUT2D eigenvalue weighted by atomic mass is 10.4. The van der Waals surface area contributed by atoms with Gasteiger partial charge in [-0.25, -0.2) is 0 Å². The summed E-state index contributed by atoms with van der Waals surface area (Å²) in [5.74, 6) is 0. The van der Waals surface area contributed by atoms with Gasteiger partial charge in [0.1, 0.15) is 0 Å². The zero-order valence-corrected chi connectivity index (χ0v) is 6.96. The first-order valence-electron chi connectivity index (χ1n) is 3.81. The molecule has 0 saturated carbocycles. The van der Waals surface area contributed by atoms with E-state index in [4.69, 9.17) is 0 Å². The molecule has 0 saturated heterocycles. The zero-order valence-electron chi connectivity index (χ0n) is 6.96. The molecular formula is C8H13N3. The smallest absolute Gasteiger partial charge is 0.0727 e. The minimum absolute atomic E-state index is 0.811. The largest absolute Gasteiger partial charge is 0.311 e. The monoisotopic (exact) mass is 151 g/mol. The standard InChI is InChI=1S/C8H13N3/c1-3-9-5-8-6-10-4-7(2)11-8/h4,6,9H,3,5H2,1-2H3. The summed E-state index contributed by atoms with van der Waals surface area (Å²) in [6, 6.07) is 0. The predicted molar refractivity (Wildman–Crippen MR) is 44.1 cm³/mol. The van der Waals surface area contributed by atoms with Gasteiger partial charge in [-0.15, -0.1) is 0 Å². The molecule has 11 heavy (non-hydrogen) atoms. The number of rotatable bonds is 3. The molecule has 3 nitrogen and oxygen atoms in total. The van der Waals surface area contributed by atoms with Crippen LogP contribution in [0.25, 0.3) is 0 Å². The Hall–Kier alpha value is -0.960. The number of aryl methyl sites for hydroxylation is 1. The normalized spacial score (nSPS) is 10.0. The molecule has 0 unspecified atom stereocenters. The summed E-state index contributed by atoms with van der Waals surface area (Å²) < 4.78 is 0. The van der Waals surface area contributed by atoms with E-state index in [1.807, 2.05) is 6.92 Å². The summed E-state index contributed by atoms with van der Waals surface area (Å²) in [6.45, 7) is 5.80. The molecule has 3 heteroatoms. The molecule has 1 heterocycles. The lowest BCUT2D eigenvalue weighted by Gasteiger charge is -2.00. The second-order valence-corrected chi connectivity index (χ2v) is 2.43. The van der Waals surface area contributed by atoms with Gasteiger partial charge in [0.25, 0.3) is 0 Å². The summed E-state index contributed by atoms with van der Waals surface area (Å²) in [5.41, 5.74) is 1.98. The molecule has 1 rings (SSSR count). The molecule has 0 spiro atoms. The maximum absolute atomic E-state index is 4.29. The molecule has 0 aliphatic heterocycles. The highest BCUT2D eigenvalue weighted by molar-refractivity contribution is 5.00. The first-order chi connectivity index (χ1) is 5.33. The van der Waals surface area contributed by atoms with E-state index in [9.17, 15) is 0 Å². The fraction of sp³-hybridized carbons (Fsp3) is 0.500. The molecule has 0 amide bonds. The van der Waals surface area contributed by atoms with Gasteiger partial charge in [0, 0.05) is 18.9 Å². The molecule has 0 atom stereocenters. The van der Waals surface area contributed by atoms with E-state index < -0.39 is 0 Å². The lowest BCUT2D eigenvalue weighted by Crippen LogP contribution is -2.13. The third-order valence-corrected chi connectivity index (χ3v) is 1.36. The van der Waals surface area contributed by atoms with Crippen molar-refractivity contribution in [3.63, 3.8) is 0 Å². The predicted octanol–water partition coefficient (Wildman–Crippen LogP) is 0.895. The molecule has 0 fully saturated rings. The summed E-state index contributed by atoms with van der Waals surface area (Å²) in [4.78, 5) is 8.32. The minimum atomic E-state index is 0.811. The van der Waals surface area contributed by atoms with E-state index in [1.54, 1.807) is 12.4 Å². The van der Waals surface area contributed by atoms with Gasteiger partial charge in [0.05, 0.1) is 11.4 Å².